The van der Waals surface area contributed by atoms with Crippen molar-refractivity contribution in [1.82, 2.24) is 20.2 Å². The molecule has 3 unspecified atom stereocenters. The van der Waals surface area contributed by atoms with Crippen molar-refractivity contribution >= 4 is 116 Å². The predicted octanol–water partition coefficient (Wildman–Crippen LogP) is 19.4. The molecule has 3 aliphatic heterocycles. The molecule has 0 saturated heterocycles. The van der Waals surface area contributed by atoms with Crippen LogP contribution in [0.3, 0.4) is 0 Å². The van der Waals surface area contributed by atoms with Crippen molar-refractivity contribution < 1.29 is 38.4 Å². The van der Waals surface area contributed by atoms with E-state index in [1.165, 1.54) is 12.0 Å². The number of Topliss-reactive ketones (excluding diaryl/α,β-unsaturated/α-hetero) is 1. The molecule has 0 bridgehead atoms. The van der Waals surface area contributed by atoms with Crippen LogP contribution in [0.5, 0.6) is 0 Å². The third kappa shape index (κ3) is 19.2. The number of hydrogen-bond acceptors (Lipinski definition) is 14. The Balaban J connectivity index is 0.000000228. The summed E-state index contributed by atoms with van der Waals surface area (Å²) >= 11 is 36.9. The molecule has 3 amide bonds. The lowest BCUT2D eigenvalue weighted by Crippen LogP contribution is -2.36. The molecule has 6 aromatic carbocycles. The van der Waals surface area contributed by atoms with E-state index in [9.17, 15) is 19.2 Å². The number of nitrogens with one attached hydrogen (secondary N) is 2. The molecule has 0 radical (unpaired) electrons. The van der Waals surface area contributed by atoms with E-state index in [2.05, 4.69) is 35.5 Å². The lowest BCUT2D eigenvalue weighted by molar-refractivity contribution is -0.128. The highest BCUT2D eigenvalue weighted by Gasteiger charge is 2.40. The summed E-state index contributed by atoms with van der Waals surface area (Å²) in [5, 5.41) is 25.9. The minimum Gasteiger partial charge on any atom is -0.468 e. The Hall–Kier alpha value is -8.48. The number of methoxy groups -OCH3 is 1. The molecule has 3 aliphatic rings. The molecule has 0 spiro atoms. The largest absolute Gasteiger partial charge is 0.468 e. The average molecular weight is 1430 g/mol. The van der Waals surface area contributed by atoms with Gasteiger partial charge in [0.1, 0.15) is 0 Å². The van der Waals surface area contributed by atoms with Gasteiger partial charge in [0.2, 0.25) is 5.91 Å². The first kappa shape index (κ1) is 77.5. The van der Waals surface area contributed by atoms with E-state index in [4.69, 9.17) is 89.5 Å². The molecular formula is C75H78Cl6N8O8. The third-order valence-electron chi connectivity index (χ3n) is 16.1. The third-order valence-corrected chi connectivity index (χ3v) is 17.4. The quantitative estimate of drug-likeness (QED) is 0.0564. The number of nitrogens with zero attached hydrogens (tertiary/aromatic N) is 6. The van der Waals surface area contributed by atoms with Crippen LogP contribution in [0.15, 0.2) is 173 Å². The van der Waals surface area contributed by atoms with E-state index in [1.54, 1.807) is 67.8 Å². The number of aromatic nitrogens is 2. The van der Waals surface area contributed by atoms with Crippen LogP contribution >= 0.6 is 69.6 Å². The normalized spacial score (nSPS) is 17.1. The Morgan fingerprint density at radius 1 is 0.526 bits per heavy atom. The van der Waals surface area contributed by atoms with Gasteiger partial charge in [-0.1, -0.05) is 151 Å². The Kier molecular flexibility index (Phi) is 26.9. The molecule has 5 heterocycles. The van der Waals surface area contributed by atoms with Crippen LogP contribution in [0.2, 0.25) is 30.1 Å². The van der Waals surface area contributed by atoms with Crippen molar-refractivity contribution in [2.75, 3.05) is 7.11 Å². The first-order valence-corrected chi connectivity index (χ1v) is 32.1. The van der Waals surface area contributed by atoms with Gasteiger partial charge in [0.15, 0.2) is 22.6 Å². The lowest BCUT2D eigenvalue weighted by Gasteiger charge is -2.22. The van der Waals surface area contributed by atoms with Crippen molar-refractivity contribution in [3.05, 3.63) is 266 Å². The van der Waals surface area contributed by atoms with Crippen molar-refractivity contribution in [3.8, 4) is 0 Å². The van der Waals surface area contributed by atoms with Crippen LogP contribution in [0.25, 0.3) is 0 Å². The van der Waals surface area contributed by atoms with Crippen molar-refractivity contribution in [2.24, 2.45) is 15.5 Å². The summed E-state index contributed by atoms with van der Waals surface area (Å²) in [4.78, 5) is 78.0. The van der Waals surface area contributed by atoms with E-state index in [1.807, 2.05) is 139 Å². The van der Waals surface area contributed by atoms with E-state index in [-0.39, 0.29) is 58.9 Å². The van der Waals surface area contributed by atoms with Gasteiger partial charge in [-0.15, -0.1) is 0 Å². The Morgan fingerprint density at radius 2 is 0.897 bits per heavy atom. The van der Waals surface area contributed by atoms with Crippen LogP contribution in [-0.4, -0.2) is 68.6 Å². The minimum absolute atomic E-state index is 0. The number of halogens is 6. The molecule has 0 aliphatic carbocycles. The molecule has 16 nitrogen and oxygen atoms in total. The number of oxime groups is 3. The van der Waals surface area contributed by atoms with Crippen LogP contribution in [0.4, 0.5) is 0 Å². The molecule has 508 valence electrons. The van der Waals surface area contributed by atoms with E-state index in [0.717, 1.165) is 78.5 Å². The van der Waals surface area contributed by atoms with Crippen LogP contribution in [0.1, 0.15) is 175 Å². The fourth-order valence-corrected chi connectivity index (χ4v) is 12.4. The average Bonchev–Trinajstić information content (AvgIpc) is 1.68. The molecule has 97 heavy (non-hydrogen) atoms. The number of imide groups is 1. The monoisotopic (exact) mass is 1430 g/mol. The standard InChI is InChI=1S/C27H25Cl2N3O3.C25H22Cl2N2O2.C20H19Cl2N3O3.3CH4/c1-4-25(33)32(16-22-7-5-6-10-30-22)26(34)23-9-8-18(11-17(23)2)24-15-27(3,35-31-24)19-12-20(28)14-21(29)13-19;1-16-11-17(6-8-22(16)24(30)9-7-21-5-3-4-10-28-21)23-15-25(2,31-29-23)18-12-19(26)14-20(27)13-18;1-11-6-12(4-5-16(11)18(26)24-19(23)27-3)17-10-20(2,28-25-17)13-7-14(21)9-15(22)8-13;;;/h5-14H,4,15-16H2,1-3H3;3-6,8,10-14H,7,9,15H2,1-2H3;4-9H,10H2,1-3H3,(H2,23,24,26);3*1H4. The number of carbonyl (C=O) groups is 4. The zero-order valence-corrected chi connectivity index (χ0v) is 57.2. The fraction of sp³-hybridized carbons (Fsp3) is 0.280. The van der Waals surface area contributed by atoms with Gasteiger partial charge in [-0.2, -0.15) is 0 Å². The molecule has 3 atom stereocenters. The number of ketones is 1. The predicted molar refractivity (Wildman–Crippen MR) is 390 cm³/mol. The SMILES string of the molecule is C.C.C.CCC(=O)N(Cc1ccccn1)C(=O)c1ccc(C2=NOC(C)(c3cc(Cl)cc(Cl)c3)C2)cc1C.COC(=N)NC(=O)c1ccc(C2=NOC(C)(c3cc(Cl)cc(Cl)c3)C2)cc1C.Cc1cc(C2=NOC(C)(c3cc(Cl)cc(Cl)c3)C2)ccc1C(=O)CCc1ccccn1. The van der Waals surface area contributed by atoms with Gasteiger partial charge in [-0.05, 0) is 191 Å². The van der Waals surface area contributed by atoms with Crippen LogP contribution in [0, 0.1) is 26.2 Å². The fourth-order valence-electron chi connectivity index (χ4n) is 10.9. The van der Waals surface area contributed by atoms with Gasteiger partial charge in [0.25, 0.3) is 17.8 Å². The van der Waals surface area contributed by atoms with Gasteiger partial charge in [0, 0.05) is 114 Å². The summed E-state index contributed by atoms with van der Waals surface area (Å²) in [6.07, 6.45) is 6.28. The molecule has 11 rings (SSSR count). The first-order chi connectivity index (χ1) is 44.7. The highest BCUT2D eigenvalue weighted by molar-refractivity contribution is 6.36. The lowest BCUT2D eigenvalue weighted by atomic mass is 9.88. The number of benzene rings is 6. The summed E-state index contributed by atoms with van der Waals surface area (Å²) in [5.41, 5.74) is 11.1. The summed E-state index contributed by atoms with van der Waals surface area (Å²) in [7, 11) is 1.32. The maximum absolute atomic E-state index is 13.4. The van der Waals surface area contributed by atoms with Crippen molar-refractivity contribution in [1.29, 1.82) is 5.41 Å². The maximum atomic E-state index is 13.4. The molecule has 2 N–H and O–H groups in total. The smallest absolute Gasteiger partial charge is 0.288 e. The number of amidine groups is 1. The minimum atomic E-state index is -0.709. The summed E-state index contributed by atoms with van der Waals surface area (Å²) < 4.78 is 4.67. The Bertz CT molecular complexity index is 4260. The van der Waals surface area contributed by atoms with Gasteiger partial charge in [0.05, 0.1) is 36.5 Å². The van der Waals surface area contributed by atoms with E-state index < -0.39 is 22.7 Å². The molecule has 8 aromatic rings. The molecule has 2 aromatic heterocycles. The van der Waals surface area contributed by atoms with Gasteiger partial charge < -0.3 is 19.2 Å². The second-order valence-electron chi connectivity index (χ2n) is 23.4. The Morgan fingerprint density at radius 3 is 1.25 bits per heavy atom. The van der Waals surface area contributed by atoms with Crippen molar-refractivity contribution in [2.45, 2.75) is 133 Å². The highest BCUT2D eigenvalue weighted by atomic mass is 35.5. The molecular weight excluding hydrogens is 1350 g/mol. The van der Waals surface area contributed by atoms with Gasteiger partial charge in [-0.3, -0.25) is 44.8 Å². The second kappa shape index (κ2) is 33.7. The highest BCUT2D eigenvalue weighted by Crippen LogP contribution is 2.42. The molecule has 0 saturated carbocycles. The maximum Gasteiger partial charge on any atom is 0.288 e. The molecule has 0 fully saturated rings. The summed E-state index contributed by atoms with van der Waals surface area (Å²) in [6, 6.07) is 43.5. The number of carbonyl (C=O) groups excluding carboxylic acids is 4. The number of amides is 3. The topological polar surface area (TPSA) is 207 Å². The zero-order valence-electron chi connectivity index (χ0n) is 52.7. The van der Waals surface area contributed by atoms with Crippen LogP contribution < -0.4 is 5.32 Å². The molecule has 22 heteroatoms. The second-order valence-corrected chi connectivity index (χ2v) is 26.0. The Labute approximate surface area is 597 Å². The zero-order chi connectivity index (χ0) is 67.6. The van der Waals surface area contributed by atoms with Crippen LogP contribution in [-0.2, 0) is 53.8 Å². The van der Waals surface area contributed by atoms with Gasteiger partial charge >= 0.3 is 0 Å². The number of aryl methyl sites for hydroxylation is 4. The van der Waals surface area contributed by atoms with Crippen molar-refractivity contribution in [3.63, 3.8) is 0 Å². The summed E-state index contributed by atoms with van der Waals surface area (Å²) in [6.45, 7) is 13.3. The van der Waals surface area contributed by atoms with Gasteiger partial charge in [-0.25, -0.2) is 0 Å². The summed E-state index contributed by atoms with van der Waals surface area (Å²) in [5.74, 6) is -0.903. The number of rotatable bonds is 15. The van der Waals surface area contributed by atoms with E-state index >= 15 is 0 Å². The number of pyridine rings is 2. The van der Waals surface area contributed by atoms with E-state index in [0.29, 0.717) is 79.1 Å². The first-order valence-electron chi connectivity index (χ1n) is 29.9. The number of hydrogen-bond donors (Lipinski definition) is 2. The number of ether oxygens (including phenoxy) is 1.